The fraction of sp³-hybridized carbons (Fsp3) is 0.833. The van der Waals surface area contributed by atoms with Crippen molar-refractivity contribution in [1.29, 1.82) is 0 Å². The zero-order valence-corrected chi connectivity index (χ0v) is 14.4. The van der Waals surface area contributed by atoms with Gasteiger partial charge in [0.15, 0.2) is 8.32 Å². The first kappa shape index (κ1) is 17.1. The van der Waals surface area contributed by atoms with Crippen LogP contribution in [-0.4, -0.2) is 35.8 Å². The molecule has 0 amide bonds. The van der Waals surface area contributed by atoms with E-state index in [0.29, 0.717) is 12.8 Å². The standard InChI is InChI=1S/C12H28O3Si2/c1-8-9-10-14-17(6,7)11-13-12(2)15-16(3,4)5/h8-9,12H,10-11H2,1-7H3/b9-8+. The highest BCUT2D eigenvalue weighted by atomic mass is 28.4. The molecule has 0 aromatic rings. The van der Waals surface area contributed by atoms with Crippen molar-refractivity contribution in [2.75, 3.05) is 12.8 Å². The van der Waals surface area contributed by atoms with E-state index >= 15 is 0 Å². The normalized spacial score (nSPS) is 15.5. The zero-order valence-electron chi connectivity index (χ0n) is 12.4. The second-order valence-corrected chi connectivity index (χ2v) is 14.3. The van der Waals surface area contributed by atoms with Crippen LogP contribution in [0.5, 0.6) is 0 Å². The van der Waals surface area contributed by atoms with Crippen LogP contribution in [0.15, 0.2) is 12.2 Å². The lowest BCUT2D eigenvalue weighted by molar-refractivity contribution is -0.0589. The average Bonchev–Trinajstić information content (AvgIpc) is 2.13. The number of hydrogen-bond donors (Lipinski definition) is 0. The summed E-state index contributed by atoms with van der Waals surface area (Å²) >= 11 is 0. The molecule has 0 saturated carbocycles. The summed E-state index contributed by atoms with van der Waals surface area (Å²) in [5, 5.41) is 0. The molecule has 0 aromatic heterocycles. The summed E-state index contributed by atoms with van der Waals surface area (Å²) in [5.41, 5.74) is 0. The van der Waals surface area contributed by atoms with Crippen molar-refractivity contribution >= 4 is 16.6 Å². The van der Waals surface area contributed by atoms with Gasteiger partial charge in [0.05, 0.1) is 12.8 Å². The molecule has 0 N–H and O–H groups in total. The minimum atomic E-state index is -1.72. The summed E-state index contributed by atoms with van der Waals surface area (Å²) in [6.07, 6.45) is 4.58. The molecule has 0 radical (unpaired) electrons. The summed E-state index contributed by atoms with van der Waals surface area (Å²) in [5.74, 6) is 0. The van der Waals surface area contributed by atoms with E-state index in [9.17, 15) is 0 Å². The number of ether oxygens (including phenoxy) is 1. The van der Waals surface area contributed by atoms with Gasteiger partial charge in [-0.05, 0) is 46.6 Å². The average molecular weight is 277 g/mol. The molecule has 0 spiro atoms. The lowest BCUT2D eigenvalue weighted by Gasteiger charge is -2.27. The Kier molecular flexibility index (Phi) is 7.50. The van der Waals surface area contributed by atoms with Crippen LogP contribution in [0.25, 0.3) is 0 Å². The molecule has 1 unspecified atom stereocenters. The smallest absolute Gasteiger partial charge is 0.212 e. The Morgan fingerprint density at radius 3 is 2.18 bits per heavy atom. The van der Waals surface area contributed by atoms with Gasteiger partial charge in [-0.1, -0.05) is 12.2 Å². The predicted molar refractivity (Wildman–Crippen MR) is 78.1 cm³/mol. The Balaban J connectivity index is 3.91. The number of rotatable bonds is 8. The first-order valence-electron chi connectivity index (χ1n) is 6.21. The van der Waals surface area contributed by atoms with Crippen LogP contribution in [-0.2, 0) is 13.6 Å². The number of allylic oxidation sites excluding steroid dienone is 1. The molecule has 0 aliphatic rings. The molecule has 0 rings (SSSR count). The summed E-state index contributed by atoms with van der Waals surface area (Å²) in [6.45, 7) is 15.5. The Bertz CT molecular complexity index is 234. The van der Waals surface area contributed by atoms with Gasteiger partial charge in [-0.3, -0.25) is 0 Å². The maximum absolute atomic E-state index is 5.83. The third kappa shape index (κ3) is 10.9. The minimum Gasteiger partial charge on any atom is -0.411 e. The highest BCUT2D eigenvalue weighted by Gasteiger charge is 2.25. The van der Waals surface area contributed by atoms with Gasteiger partial charge in [-0.15, -0.1) is 0 Å². The molecular formula is C12H28O3Si2. The van der Waals surface area contributed by atoms with Gasteiger partial charge in [0, 0.05) is 0 Å². The van der Waals surface area contributed by atoms with Crippen molar-refractivity contribution in [3.8, 4) is 0 Å². The van der Waals surface area contributed by atoms with Crippen LogP contribution in [0, 0.1) is 0 Å². The van der Waals surface area contributed by atoms with Crippen molar-refractivity contribution in [3.63, 3.8) is 0 Å². The van der Waals surface area contributed by atoms with Crippen LogP contribution in [0.4, 0.5) is 0 Å². The van der Waals surface area contributed by atoms with Gasteiger partial charge >= 0.3 is 0 Å². The van der Waals surface area contributed by atoms with Crippen LogP contribution < -0.4 is 0 Å². The highest BCUT2D eigenvalue weighted by molar-refractivity contribution is 6.71. The highest BCUT2D eigenvalue weighted by Crippen LogP contribution is 2.11. The zero-order chi connectivity index (χ0) is 13.5. The molecule has 0 aliphatic heterocycles. The first-order chi connectivity index (χ1) is 7.66. The number of hydrogen-bond acceptors (Lipinski definition) is 3. The van der Waals surface area contributed by atoms with Crippen molar-refractivity contribution in [1.82, 2.24) is 0 Å². The van der Waals surface area contributed by atoms with E-state index in [1.807, 2.05) is 26.0 Å². The first-order valence-corrected chi connectivity index (χ1v) is 12.7. The molecule has 0 fully saturated rings. The molecule has 17 heavy (non-hydrogen) atoms. The van der Waals surface area contributed by atoms with E-state index in [-0.39, 0.29) is 6.29 Å². The minimum absolute atomic E-state index is 0.126. The molecular weight excluding hydrogens is 248 g/mol. The summed E-state index contributed by atoms with van der Waals surface area (Å²) in [7, 11) is -3.23. The maximum Gasteiger partial charge on any atom is 0.212 e. The van der Waals surface area contributed by atoms with Crippen LogP contribution >= 0.6 is 0 Å². The van der Waals surface area contributed by atoms with E-state index in [1.54, 1.807) is 0 Å². The monoisotopic (exact) mass is 276 g/mol. The molecule has 1 atom stereocenters. The maximum atomic E-state index is 5.83. The Hall–Kier alpha value is 0.0538. The molecule has 5 heteroatoms. The SMILES string of the molecule is C/C=C/CO[Si](C)(C)COC(C)O[Si](C)(C)C. The van der Waals surface area contributed by atoms with Crippen LogP contribution in [0.2, 0.25) is 32.7 Å². The van der Waals surface area contributed by atoms with E-state index in [0.717, 1.165) is 0 Å². The molecule has 0 saturated heterocycles. The molecule has 3 nitrogen and oxygen atoms in total. The predicted octanol–water partition coefficient (Wildman–Crippen LogP) is 3.54. The van der Waals surface area contributed by atoms with Gasteiger partial charge in [0.25, 0.3) is 0 Å². The Morgan fingerprint density at radius 1 is 1.12 bits per heavy atom. The van der Waals surface area contributed by atoms with Gasteiger partial charge in [0.2, 0.25) is 8.32 Å². The van der Waals surface area contributed by atoms with Gasteiger partial charge < -0.3 is 13.6 Å². The van der Waals surface area contributed by atoms with E-state index in [1.165, 1.54) is 0 Å². The second-order valence-electron chi connectivity index (χ2n) is 5.75. The third-order valence-corrected chi connectivity index (χ3v) is 4.84. The molecule has 0 aromatic carbocycles. The topological polar surface area (TPSA) is 27.7 Å². The van der Waals surface area contributed by atoms with Gasteiger partial charge in [-0.25, -0.2) is 0 Å². The van der Waals surface area contributed by atoms with Crippen molar-refractivity contribution in [2.45, 2.75) is 52.9 Å². The fourth-order valence-electron chi connectivity index (χ4n) is 1.26. The van der Waals surface area contributed by atoms with Crippen molar-refractivity contribution in [2.24, 2.45) is 0 Å². The molecule has 0 bridgehead atoms. The lowest BCUT2D eigenvalue weighted by atomic mass is 10.6. The van der Waals surface area contributed by atoms with Crippen LogP contribution in [0.3, 0.4) is 0 Å². The molecule has 0 heterocycles. The third-order valence-electron chi connectivity index (χ3n) is 1.99. The van der Waals surface area contributed by atoms with Gasteiger partial charge in [0.1, 0.15) is 6.29 Å². The van der Waals surface area contributed by atoms with E-state index in [4.69, 9.17) is 13.6 Å². The summed E-state index contributed by atoms with van der Waals surface area (Å²) in [4.78, 5) is 0. The summed E-state index contributed by atoms with van der Waals surface area (Å²) < 4.78 is 17.4. The fourth-order valence-corrected chi connectivity index (χ4v) is 3.59. The van der Waals surface area contributed by atoms with Crippen LogP contribution in [0.1, 0.15) is 13.8 Å². The van der Waals surface area contributed by atoms with E-state index in [2.05, 4.69) is 32.7 Å². The second kappa shape index (κ2) is 7.48. The largest absolute Gasteiger partial charge is 0.411 e. The van der Waals surface area contributed by atoms with Crippen molar-refractivity contribution in [3.05, 3.63) is 12.2 Å². The van der Waals surface area contributed by atoms with Gasteiger partial charge in [-0.2, -0.15) is 0 Å². The Labute approximate surface area is 108 Å². The Morgan fingerprint density at radius 2 is 1.71 bits per heavy atom. The van der Waals surface area contributed by atoms with E-state index < -0.39 is 16.6 Å². The quantitative estimate of drug-likeness (QED) is 0.385. The lowest BCUT2D eigenvalue weighted by Crippen LogP contribution is -2.40. The van der Waals surface area contributed by atoms with Crippen molar-refractivity contribution < 1.29 is 13.6 Å². The molecule has 0 aliphatic carbocycles. The summed E-state index contributed by atoms with van der Waals surface area (Å²) in [6, 6.07) is 0. The molecule has 102 valence electrons.